The Morgan fingerprint density at radius 1 is 1.39 bits per heavy atom. The fourth-order valence-electron chi connectivity index (χ4n) is 2.29. The van der Waals surface area contributed by atoms with E-state index in [-0.39, 0.29) is 17.4 Å². The van der Waals surface area contributed by atoms with Gasteiger partial charge in [-0.15, -0.1) is 0 Å². The molecule has 1 aliphatic heterocycles. The molecule has 1 saturated heterocycles. The number of hydrogen-bond acceptors (Lipinski definition) is 2. The number of rotatable bonds is 1. The Hall–Kier alpha value is -1.06. The van der Waals surface area contributed by atoms with Crippen molar-refractivity contribution in [1.29, 1.82) is 0 Å². The van der Waals surface area contributed by atoms with Gasteiger partial charge in [-0.1, -0.05) is 25.4 Å². The molecule has 0 radical (unpaired) electrons. The van der Waals surface area contributed by atoms with Crippen LogP contribution in [0.5, 0.6) is 0 Å². The molecule has 0 aromatic heterocycles. The number of carbonyl (C=O) groups is 1. The maximum absolute atomic E-state index is 12.3. The fourth-order valence-corrected chi connectivity index (χ4v) is 2.42. The number of carbonyl (C=O) groups excluding carboxylic acids is 1. The lowest BCUT2D eigenvalue weighted by Gasteiger charge is -2.41. The minimum absolute atomic E-state index is 0.00615. The maximum atomic E-state index is 12.3. The van der Waals surface area contributed by atoms with Crippen LogP contribution in [-0.2, 0) is 0 Å². The zero-order valence-corrected chi connectivity index (χ0v) is 11.4. The summed E-state index contributed by atoms with van der Waals surface area (Å²) in [5.41, 5.74) is 0.395. The van der Waals surface area contributed by atoms with Crippen LogP contribution < -0.4 is 0 Å². The number of piperidine rings is 1. The van der Waals surface area contributed by atoms with Crippen LogP contribution in [0.15, 0.2) is 24.3 Å². The number of likely N-dealkylation sites (tertiary alicyclic amines) is 1. The predicted octanol–water partition coefficient (Wildman–Crippen LogP) is 2.57. The van der Waals surface area contributed by atoms with Gasteiger partial charge >= 0.3 is 0 Å². The number of aliphatic hydroxyl groups is 1. The van der Waals surface area contributed by atoms with Crippen molar-refractivity contribution in [1.82, 2.24) is 4.90 Å². The van der Waals surface area contributed by atoms with E-state index in [9.17, 15) is 9.90 Å². The van der Waals surface area contributed by atoms with Crippen molar-refractivity contribution in [2.24, 2.45) is 5.41 Å². The van der Waals surface area contributed by atoms with Gasteiger partial charge in [-0.2, -0.15) is 0 Å². The Balaban J connectivity index is 2.13. The van der Waals surface area contributed by atoms with Gasteiger partial charge in [0.2, 0.25) is 0 Å². The average molecular weight is 268 g/mol. The van der Waals surface area contributed by atoms with Crippen LogP contribution in [-0.4, -0.2) is 35.1 Å². The number of amides is 1. The summed E-state index contributed by atoms with van der Waals surface area (Å²) in [7, 11) is 0. The summed E-state index contributed by atoms with van der Waals surface area (Å²) in [5.74, 6) is 0.00615. The zero-order valence-electron chi connectivity index (χ0n) is 10.7. The molecule has 18 heavy (non-hydrogen) atoms. The summed E-state index contributed by atoms with van der Waals surface area (Å²) in [6.07, 6.45) is 0.290. The van der Waals surface area contributed by atoms with E-state index in [4.69, 9.17) is 11.6 Å². The van der Waals surface area contributed by atoms with Gasteiger partial charge in [0.25, 0.3) is 5.91 Å². The minimum atomic E-state index is -0.341. The molecule has 1 atom stereocenters. The lowest BCUT2D eigenvalue weighted by atomic mass is 9.81. The van der Waals surface area contributed by atoms with Gasteiger partial charge in [-0.05, 0) is 30.7 Å². The monoisotopic (exact) mass is 267 g/mol. The lowest BCUT2D eigenvalue weighted by molar-refractivity contribution is -0.0182. The highest BCUT2D eigenvalue weighted by Gasteiger charge is 2.36. The normalized spacial score (nSPS) is 22.9. The van der Waals surface area contributed by atoms with Crippen LogP contribution in [0.4, 0.5) is 0 Å². The zero-order chi connectivity index (χ0) is 13.3. The number of nitrogens with zero attached hydrogens (tertiary/aromatic N) is 1. The Bertz CT molecular complexity index is 442. The van der Waals surface area contributed by atoms with Crippen molar-refractivity contribution >= 4 is 17.5 Å². The van der Waals surface area contributed by atoms with Crippen LogP contribution in [0.1, 0.15) is 30.6 Å². The predicted molar refractivity (Wildman–Crippen MR) is 71.8 cm³/mol. The van der Waals surface area contributed by atoms with E-state index in [1.165, 1.54) is 0 Å². The summed E-state index contributed by atoms with van der Waals surface area (Å²) in [6, 6.07) is 6.92. The van der Waals surface area contributed by atoms with Gasteiger partial charge in [0, 0.05) is 29.1 Å². The molecule has 1 fully saturated rings. The molecule has 0 aliphatic carbocycles. The molecule has 1 amide bonds. The van der Waals surface area contributed by atoms with E-state index in [2.05, 4.69) is 0 Å². The summed E-state index contributed by atoms with van der Waals surface area (Å²) < 4.78 is 0. The lowest BCUT2D eigenvalue weighted by Crippen LogP contribution is -2.50. The quantitative estimate of drug-likeness (QED) is 0.850. The Morgan fingerprint density at radius 2 is 2.00 bits per heavy atom. The first-order valence-electron chi connectivity index (χ1n) is 6.13. The standard InChI is InChI=1S/C14H18ClNO2/c1-14(2)9-16(8-7-12(14)17)13(18)10-3-5-11(15)6-4-10/h3-6,12,17H,7-9H2,1-2H3. The van der Waals surface area contributed by atoms with Crippen LogP contribution >= 0.6 is 11.6 Å². The topological polar surface area (TPSA) is 40.5 Å². The maximum Gasteiger partial charge on any atom is 0.253 e. The third-order valence-electron chi connectivity index (χ3n) is 3.55. The van der Waals surface area contributed by atoms with E-state index in [1.807, 2.05) is 13.8 Å². The van der Waals surface area contributed by atoms with Gasteiger partial charge in [-0.25, -0.2) is 0 Å². The van der Waals surface area contributed by atoms with E-state index < -0.39 is 0 Å². The molecule has 0 bridgehead atoms. The number of benzene rings is 1. The fraction of sp³-hybridized carbons (Fsp3) is 0.500. The molecule has 1 aromatic rings. The van der Waals surface area contributed by atoms with Crippen LogP contribution in [0.25, 0.3) is 0 Å². The Kier molecular flexibility index (Phi) is 3.64. The molecule has 0 saturated carbocycles. The molecule has 1 N–H and O–H groups in total. The second kappa shape index (κ2) is 4.90. The van der Waals surface area contributed by atoms with Gasteiger partial charge in [-0.3, -0.25) is 4.79 Å². The highest BCUT2D eigenvalue weighted by Crippen LogP contribution is 2.29. The van der Waals surface area contributed by atoms with E-state index >= 15 is 0 Å². The first-order chi connectivity index (χ1) is 8.40. The second-order valence-electron chi connectivity index (χ2n) is 5.53. The molecular formula is C14H18ClNO2. The van der Waals surface area contributed by atoms with Crippen LogP contribution in [0, 0.1) is 5.41 Å². The highest BCUT2D eigenvalue weighted by atomic mass is 35.5. The Labute approximate surface area is 112 Å². The first kappa shape index (κ1) is 13.4. The van der Waals surface area contributed by atoms with Crippen LogP contribution in [0.2, 0.25) is 5.02 Å². The summed E-state index contributed by atoms with van der Waals surface area (Å²) in [6.45, 7) is 5.15. The molecule has 1 heterocycles. The summed E-state index contributed by atoms with van der Waals surface area (Å²) in [5, 5.41) is 10.5. The molecule has 2 rings (SSSR count). The van der Waals surface area contributed by atoms with Gasteiger partial charge in [0.1, 0.15) is 0 Å². The smallest absolute Gasteiger partial charge is 0.253 e. The number of halogens is 1. The van der Waals surface area contributed by atoms with Crippen molar-refractivity contribution in [3.8, 4) is 0 Å². The average Bonchev–Trinajstić information content (AvgIpc) is 2.33. The van der Waals surface area contributed by atoms with Crippen molar-refractivity contribution < 1.29 is 9.90 Å². The summed E-state index contributed by atoms with van der Waals surface area (Å²) >= 11 is 5.81. The SMILES string of the molecule is CC1(C)CN(C(=O)c2ccc(Cl)cc2)CCC1O. The molecular weight excluding hydrogens is 250 g/mol. The van der Waals surface area contributed by atoms with Crippen molar-refractivity contribution in [2.45, 2.75) is 26.4 Å². The van der Waals surface area contributed by atoms with Gasteiger partial charge < -0.3 is 10.0 Å². The largest absolute Gasteiger partial charge is 0.392 e. The molecule has 3 nitrogen and oxygen atoms in total. The number of hydrogen-bond donors (Lipinski definition) is 1. The van der Waals surface area contributed by atoms with E-state index in [0.29, 0.717) is 30.1 Å². The molecule has 4 heteroatoms. The Morgan fingerprint density at radius 3 is 2.56 bits per heavy atom. The highest BCUT2D eigenvalue weighted by molar-refractivity contribution is 6.30. The van der Waals surface area contributed by atoms with Gasteiger partial charge in [0.15, 0.2) is 0 Å². The third kappa shape index (κ3) is 2.68. The number of aliphatic hydroxyl groups excluding tert-OH is 1. The third-order valence-corrected chi connectivity index (χ3v) is 3.80. The molecule has 1 aliphatic rings. The minimum Gasteiger partial charge on any atom is -0.392 e. The second-order valence-corrected chi connectivity index (χ2v) is 5.96. The molecule has 98 valence electrons. The van der Waals surface area contributed by atoms with Crippen molar-refractivity contribution in [3.63, 3.8) is 0 Å². The molecule has 0 spiro atoms. The molecule has 1 aromatic carbocycles. The van der Waals surface area contributed by atoms with E-state index in [1.54, 1.807) is 29.2 Å². The first-order valence-corrected chi connectivity index (χ1v) is 6.51. The van der Waals surface area contributed by atoms with Crippen molar-refractivity contribution in [2.75, 3.05) is 13.1 Å². The van der Waals surface area contributed by atoms with E-state index in [0.717, 1.165) is 0 Å². The van der Waals surface area contributed by atoms with Crippen molar-refractivity contribution in [3.05, 3.63) is 34.9 Å². The summed E-state index contributed by atoms with van der Waals surface area (Å²) in [4.78, 5) is 14.1. The van der Waals surface area contributed by atoms with Crippen LogP contribution in [0.3, 0.4) is 0 Å². The molecule has 1 unspecified atom stereocenters. The van der Waals surface area contributed by atoms with Gasteiger partial charge in [0.05, 0.1) is 6.10 Å².